The number of benzene rings is 1. The van der Waals surface area contributed by atoms with Crippen LogP contribution in [0, 0.1) is 11.8 Å². The van der Waals surface area contributed by atoms with E-state index in [9.17, 15) is 0 Å². The lowest BCUT2D eigenvalue weighted by Crippen LogP contribution is -2.34. The lowest BCUT2D eigenvalue weighted by molar-refractivity contribution is 0.0756. The number of aliphatic hydroxyl groups excluding tert-OH is 1. The molecular formula is C12H14O. The van der Waals surface area contributed by atoms with Gasteiger partial charge in [0.15, 0.2) is 0 Å². The fraction of sp³-hybridized carbons (Fsp3) is 0.500. The molecule has 0 amide bonds. The normalized spacial score (nSPS) is 35.0. The van der Waals surface area contributed by atoms with E-state index in [1.54, 1.807) is 5.56 Å². The summed E-state index contributed by atoms with van der Waals surface area (Å²) in [6.45, 7) is 0.384. The molecule has 1 N–H and O–H groups in total. The molecule has 1 aromatic carbocycles. The highest BCUT2D eigenvalue weighted by atomic mass is 16.3. The first-order valence-corrected chi connectivity index (χ1v) is 5.09. The van der Waals surface area contributed by atoms with Gasteiger partial charge in [0.1, 0.15) is 0 Å². The molecule has 1 fully saturated rings. The molecule has 2 aliphatic carbocycles. The number of rotatable bonds is 1. The van der Waals surface area contributed by atoms with Crippen molar-refractivity contribution < 1.29 is 5.11 Å². The molecule has 3 unspecified atom stereocenters. The van der Waals surface area contributed by atoms with Crippen molar-refractivity contribution in [3.05, 3.63) is 35.4 Å². The van der Waals surface area contributed by atoms with Crippen molar-refractivity contribution in [2.45, 2.75) is 18.8 Å². The lowest BCUT2D eigenvalue weighted by atomic mass is 9.66. The van der Waals surface area contributed by atoms with Crippen LogP contribution in [0.4, 0.5) is 0 Å². The monoisotopic (exact) mass is 174 g/mol. The van der Waals surface area contributed by atoms with Gasteiger partial charge in [-0.15, -0.1) is 0 Å². The molecule has 3 rings (SSSR count). The summed E-state index contributed by atoms with van der Waals surface area (Å²) in [4.78, 5) is 0. The van der Waals surface area contributed by atoms with E-state index in [0.29, 0.717) is 12.5 Å². The van der Waals surface area contributed by atoms with Gasteiger partial charge in [-0.3, -0.25) is 0 Å². The van der Waals surface area contributed by atoms with E-state index in [4.69, 9.17) is 5.11 Å². The zero-order valence-electron chi connectivity index (χ0n) is 7.61. The first-order chi connectivity index (χ1) is 6.40. The zero-order valence-corrected chi connectivity index (χ0v) is 7.61. The maximum Gasteiger partial charge on any atom is 0.0462 e. The summed E-state index contributed by atoms with van der Waals surface area (Å²) >= 11 is 0. The Morgan fingerprint density at radius 3 is 3.00 bits per heavy atom. The third-order valence-electron chi connectivity index (χ3n) is 3.82. The zero-order chi connectivity index (χ0) is 8.84. The first kappa shape index (κ1) is 7.57. The fourth-order valence-electron chi connectivity index (χ4n) is 3.02. The molecule has 13 heavy (non-hydrogen) atoms. The second-order valence-corrected chi connectivity index (χ2v) is 4.35. The van der Waals surface area contributed by atoms with Crippen molar-refractivity contribution >= 4 is 0 Å². The van der Waals surface area contributed by atoms with Crippen molar-refractivity contribution in [3.8, 4) is 0 Å². The van der Waals surface area contributed by atoms with Crippen LogP contribution in [0.1, 0.15) is 23.5 Å². The first-order valence-electron chi connectivity index (χ1n) is 5.09. The summed E-state index contributed by atoms with van der Waals surface area (Å²) in [5.74, 6) is 2.10. The van der Waals surface area contributed by atoms with Gasteiger partial charge in [-0.1, -0.05) is 24.3 Å². The maximum atomic E-state index is 9.11. The Morgan fingerprint density at radius 2 is 2.15 bits per heavy atom. The topological polar surface area (TPSA) is 20.2 Å². The van der Waals surface area contributed by atoms with E-state index in [1.807, 2.05) is 0 Å². The standard InChI is InChI=1S/C12H14O/c13-7-9-6-12-10-4-2-1-3-8(10)5-11(9)12/h1-4,9,11-13H,5-7H2. The van der Waals surface area contributed by atoms with Gasteiger partial charge in [0.25, 0.3) is 0 Å². The summed E-state index contributed by atoms with van der Waals surface area (Å²) in [6.07, 6.45) is 2.41. The summed E-state index contributed by atoms with van der Waals surface area (Å²) in [6, 6.07) is 8.75. The summed E-state index contributed by atoms with van der Waals surface area (Å²) in [7, 11) is 0. The Bertz CT molecular complexity index is 332. The van der Waals surface area contributed by atoms with Crippen LogP contribution in [-0.2, 0) is 6.42 Å². The van der Waals surface area contributed by atoms with Crippen LogP contribution < -0.4 is 0 Å². The minimum atomic E-state index is 0.384. The lowest BCUT2D eigenvalue weighted by Gasteiger charge is -2.39. The number of aliphatic hydroxyl groups is 1. The molecule has 68 valence electrons. The van der Waals surface area contributed by atoms with Crippen molar-refractivity contribution in [2.75, 3.05) is 6.61 Å². The molecule has 0 heterocycles. The smallest absolute Gasteiger partial charge is 0.0462 e. The van der Waals surface area contributed by atoms with Crippen LogP contribution >= 0.6 is 0 Å². The molecule has 1 saturated carbocycles. The molecule has 1 aromatic rings. The van der Waals surface area contributed by atoms with Gasteiger partial charge in [-0.2, -0.15) is 0 Å². The van der Waals surface area contributed by atoms with E-state index in [-0.39, 0.29) is 0 Å². The highest BCUT2D eigenvalue weighted by Gasteiger charge is 2.45. The predicted octanol–water partition coefficient (Wildman–Crippen LogP) is 1.95. The van der Waals surface area contributed by atoms with Gasteiger partial charge in [-0.25, -0.2) is 0 Å². The predicted molar refractivity (Wildman–Crippen MR) is 51.6 cm³/mol. The number of hydrogen-bond donors (Lipinski definition) is 1. The Morgan fingerprint density at radius 1 is 1.31 bits per heavy atom. The Labute approximate surface area is 78.4 Å². The SMILES string of the molecule is OCC1CC2c3ccccc3CC12. The van der Waals surface area contributed by atoms with Crippen LogP contribution in [0.3, 0.4) is 0 Å². The average molecular weight is 174 g/mol. The average Bonchev–Trinajstić information content (AvgIpc) is 2.41. The molecule has 0 aromatic heterocycles. The van der Waals surface area contributed by atoms with Crippen LogP contribution in [0.2, 0.25) is 0 Å². The third-order valence-corrected chi connectivity index (χ3v) is 3.82. The van der Waals surface area contributed by atoms with Crippen LogP contribution in [0.15, 0.2) is 24.3 Å². The van der Waals surface area contributed by atoms with Crippen LogP contribution in [-0.4, -0.2) is 11.7 Å². The van der Waals surface area contributed by atoms with Crippen molar-refractivity contribution in [1.29, 1.82) is 0 Å². The van der Waals surface area contributed by atoms with Gasteiger partial charge in [-0.05, 0) is 41.7 Å². The molecular weight excluding hydrogens is 160 g/mol. The minimum Gasteiger partial charge on any atom is -0.396 e. The Kier molecular flexibility index (Phi) is 1.50. The van der Waals surface area contributed by atoms with E-state index in [2.05, 4.69) is 24.3 Å². The van der Waals surface area contributed by atoms with Gasteiger partial charge in [0, 0.05) is 6.61 Å². The number of hydrogen-bond acceptors (Lipinski definition) is 1. The van der Waals surface area contributed by atoms with E-state index in [0.717, 1.165) is 11.8 Å². The molecule has 3 atom stereocenters. The molecule has 0 saturated heterocycles. The highest BCUT2D eigenvalue weighted by molar-refractivity contribution is 5.39. The van der Waals surface area contributed by atoms with Crippen LogP contribution in [0.25, 0.3) is 0 Å². The van der Waals surface area contributed by atoms with Gasteiger partial charge in [0.05, 0.1) is 0 Å². The van der Waals surface area contributed by atoms with Crippen molar-refractivity contribution in [3.63, 3.8) is 0 Å². The molecule has 1 nitrogen and oxygen atoms in total. The summed E-state index contributed by atoms with van der Waals surface area (Å²) in [5, 5.41) is 9.11. The van der Waals surface area contributed by atoms with Gasteiger partial charge < -0.3 is 5.11 Å². The quantitative estimate of drug-likeness (QED) is 0.690. The molecule has 2 aliphatic rings. The molecule has 0 radical (unpaired) electrons. The summed E-state index contributed by atoms with van der Waals surface area (Å²) in [5.41, 5.74) is 3.07. The Balaban J connectivity index is 1.93. The molecule has 0 spiro atoms. The maximum absolute atomic E-state index is 9.11. The number of fused-ring (bicyclic) bond motifs is 3. The Hall–Kier alpha value is -0.820. The van der Waals surface area contributed by atoms with Gasteiger partial charge in [0.2, 0.25) is 0 Å². The fourth-order valence-corrected chi connectivity index (χ4v) is 3.02. The minimum absolute atomic E-state index is 0.384. The van der Waals surface area contributed by atoms with Crippen molar-refractivity contribution in [2.24, 2.45) is 11.8 Å². The molecule has 0 aliphatic heterocycles. The van der Waals surface area contributed by atoms with E-state index in [1.165, 1.54) is 18.4 Å². The molecule has 1 heteroatoms. The van der Waals surface area contributed by atoms with Crippen molar-refractivity contribution in [1.82, 2.24) is 0 Å². The largest absolute Gasteiger partial charge is 0.396 e. The highest BCUT2D eigenvalue weighted by Crippen LogP contribution is 2.54. The molecule has 0 bridgehead atoms. The third kappa shape index (κ3) is 0.910. The van der Waals surface area contributed by atoms with Gasteiger partial charge >= 0.3 is 0 Å². The van der Waals surface area contributed by atoms with E-state index >= 15 is 0 Å². The second-order valence-electron chi connectivity index (χ2n) is 4.35. The summed E-state index contributed by atoms with van der Waals surface area (Å²) < 4.78 is 0. The second kappa shape index (κ2) is 2.58. The van der Waals surface area contributed by atoms with Crippen LogP contribution in [0.5, 0.6) is 0 Å². The van der Waals surface area contributed by atoms with E-state index < -0.39 is 0 Å².